The summed E-state index contributed by atoms with van der Waals surface area (Å²) in [5.41, 5.74) is 2.27. The number of anilines is 1. The van der Waals surface area contributed by atoms with Gasteiger partial charge >= 0.3 is 0 Å². The quantitative estimate of drug-likeness (QED) is 0.884. The summed E-state index contributed by atoms with van der Waals surface area (Å²) in [4.78, 5) is 26.5. The van der Waals surface area contributed by atoms with Crippen molar-refractivity contribution >= 4 is 17.5 Å². The second kappa shape index (κ2) is 6.45. The fourth-order valence-corrected chi connectivity index (χ4v) is 4.48. The number of benzene rings is 1. The minimum atomic E-state index is -0.0375. The second-order valence-corrected chi connectivity index (χ2v) is 7.84. The van der Waals surface area contributed by atoms with Crippen LogP contribution >= 0.6 is 0 Å². The van der Waals surface area contributed by atoms with E-state index in [0.717, 1.165) is 56.6 Å². The first-order valence-corrected chi connectivity index (χ1v) is 9.50. The maximum absolute atomic E-state index is 12.7. The van der Waals surface area contributed by atoms with Gasteiger partial charge in [-0.3, -0.25) is 9.59 Å². The molecule has 3 aliphatic rings. The minimum Gasteiger partial charge on any atom is -0.349 e. The molecule has 2 heterocycles. The SMILES string of the molecule is CC(NC(=O)C1CC12CCNCC2)c1cccc(N2CCCC2=O)c1. The number of carbonyl (C=O) groups excluding carboxylic acids is 2. The molecule has 1 aliphatic carbocycles. The van der Waals surface area contributed by atoms with Crippen LogP contribution < -0.4 is 15.5 Å². The van der Waals surface area contributed by atoms with Gasteiger partial charge in [0.05, 0.1) is 6.04 Å². The number of piperidine rings is 1. The first-order chi connectivity index (χ1) is 12.1. The van der Waals surface area contributed by atoms with E-state index in [-0.39, 0.29) is 29.2 Å². The molecule has 2 unspecified atom stereocenters. The molecule has 4 rings (SSSR count). The van der Waals surface area contributed by atoms with Crippen LogP contribution in [0.1, 0.15) is 50.6 Å². The molecule has 1 aromatic rings. The van der Waals surface area contributed by atoms with E-state index in [2.05, 4.69) is 10.6 Å². The minimum absolute atomic E-state index is 0.0375. The average Bonchev–Trinajstić information content (AvgIpc) is 3.13. The van der Waals surface area contributed by atoms with Gasteiger partial charge in [-0.05, 0) is 68.8 Å². The molecular formula is C20H27N3O2. The summed E-state index contributed by atoms with van der Waals surface area (Å²) in [6, 6.07) is 7.99. The molecule has 2 saturated heterocycles. The standard InChI is InChI=1S/C20H27N3O2/c1-14(22-19(25)17-13-20(17)7-9-21-10-8-20)15-4-2-5-16(12-15)23-11-3-6-18(23)24/h2,4-5,12,14,17,21H,3,6-11,13H2,1H3,(H,22,25). The van der Waals surface area contributed by atoms with Crippen molar-refractivity contribution in [1.29, 1.82) is 0 Å². The first-order valence-electron chi connectivity index (χ1n) is 9.50. The molecule has 2 N–H and O–H groups in total. The topological polar surface area (TPSA) is 61.4 Å². The van der Waals surface area contributed by atoms with Crippen LogP contribution in [0.3, 0.4) is 0 Å². The highest BCUT2D eigenvalue weighted by Crippen LogP contribution is 2.58. The Balaban J connectivity index is 1.40. The van der Waals surface area contributed by atoms with Crippen molar-refractivity contribution in [3.8, 4) is 0 Å². The molecule has 134 valence electrons. The summed E-state index contributed by atoms with van der Waals surface area (Å²) in [7, 11) is 0. The average molecular weight is 341 g/mol. The normalized spacial score (nSPS) is 25.9. The van der Waals surface area contributed by atoms with Crippen LogP contribution in [0.4, 0.5) is 5.69 Å². The van der Waals surface area contributed by atoms with E-state index in [0.29, 0.717) is 6.42 Å². The van der Waals surface area contributed by atoms with Crippen LogP contribution in [-0.4, -0.2) is 31.4 Å². The summed E-state index contributed by atoms with van der Waals surface area (Å²) in [6.07, 6.45) is 4.83. The molecule has 0 bridgehead atoms. The lowest BCUT2D eigenvalue weighted by Crippen LogP contribution is -2.34. The van der Waals surface area contributed by atoms with Gasteiger partial charge in [-0.15, -0.1) is 0 Å². The van der Waals surface area contributed by atoms with Gasteiger partial charge < -0.3 is 15.5 Å². The third-order valence-corrected chi connectivity index (χ3v) is 6.22. The molecule has 1 spiro atoms. The molecule has 1 saturated carbocycles. The Labute approximate surface area is 149 Å². The van der Waals surface area contributed by atoms with Crippen molar-refractivity contribution < 1.29 is 9.59 Å². The van der Waals surface area contributed by atoms with E-state index in [9.17, 15) is 9.59 Å². The molecule has 2 atom stereocenters. The summed E-state index contributed by atoms with van der Waals surface area (Å²) < 4.78 is 0. The van der Waals surface area contributed by atoms with E-state index in [1.165, 1.54) is 0 Å². The van der Waals surface area contributed by atoms with Crippen LogP contribution in [0.25, 0.3) is 0 Å². The number of carbonyl (C=O) groups is 2. The van der Waals surface area contributed by atoms with Crippen LogP contribution in [0, 0.1) is 11.3 Å². The van der Waals surface area contributed by atoms with Gasteiger partial charge in [0, 0.05) is 24.6 Å². The van der Waals surface area contributed by atoms with Gasteiger partial charge in [0.15, 0.2) is 0 Å². The summed E-state index contributed by atoms with van der Waals surface area (Å²) in [5, 5.41) is 6.57. The lowest BCUT2D eigenvalue weighted by molar-refractivity contribution is -0.124. The van der Waals surface area contributed by atoms with Crippen LogP contribution in [0.15, 0.2) is 24.3 Å². The number of amides is 2. The van der Waals surface area contributed by atoms with E-state index in [1.807, 2.05) is 36.1 Å². The van der Waals surface area contributed by atoms with E-state index in [1.54, 1.807) is 0 Å². The summed E-state index contributed by atoms with van der Waals surface area (Å²) >= 11 is 0. The summed E-state index contributed by atoms with van der Waals surface area (Å²) in [5.74, 6) is 0.567. The Morgan fingerprint density at radius 2 is 2.16 bits per heavy atom. The number of nitrogens with one attached hydrogen (secondary N) is 2. The van der Waals surface area contributed by atoms with Crippen molar-refractivity contribution in [2.75, 3.05) is 24.5 Å². The molecule has 5 nitrogen and oxygen atoms in total. The maximum atomic E-state index is 12.7. The Morgan fingerprint density at radius 3 is 2.88 bits per heavy atom. The van der Waals surface area contributed by atoms with Gasteiger partial charge in [-0.2, -0.15) is 0 Å². The monoisotopic (exact) mass is 341 g/mol. The molecule has 3 fully saturated rings. The van der Waals surface area contributed by atoms with Crippen molar-refractivity contribution in [1.82, 2.24) is 10.6 Å². The van der Waals surface area contributed by atoms with Crippen molar-refractivity contribution in [2.45, 2.75) is 45.1 Å². The Bertz CT molecular complexity index is 681. The largest absolute Gasteiger partial charge is 0.349 e. The number of hydrogen-bond donors (Lipinski definition) is 2. The lowest BCUT2D eigenvalue weighted by Gasteiger charge is -2.24. The molecule has 1 aromatic carbocycles. The molecule has 0 radical (unpaired) electrons. The van der Waals surface area contributed by atoms with Gasteiger partial charge in [-0.25, -0.2) is 0 Å². The van der Waals surface area contributed by atoms with Crippen LogP contribution in [-0.2, 0) is 9.59 Å². The predicted molar refractivity (Wildman–Crippen MR) is 97.2 cm³/mol. The third kappa shape index (κ3) is 3.17. The zero-order chi connectivity index (χ0) is 17.4. The molecular weight excluding hydrogens is 314 g/mol. The highest BCUT2D eigenvalue weighted by atomic mass is 16.2. The van der Waals surface area contributed by atoms with E-state index >= 15 is 0 Å². The number of hydrogen-bond acceptors (Lipinski definition) is 3. The van der Waals surface area contributed by atoms with Crippen LogP contribution in [0.5, 0.6) is 0 Å². The number of nitrogens with zero attached hydrogens (tertiary/aromatic N) is 1. The van der Waals surface area contributed by atoms with Gasteiger partial charge in [0.2, 0.25) is 11.8 Å². The fraction of sp³-hybridized carbons (Fsp3) is 0.600. The van der Waals surface area contributed by atoms with Gasteiger partial charge in [-0.1, -0.05) is 12.1 Å². The van der Waals surface area contributed by atoms with Crippen LogP contribution in [0.2, 0.25) is 0 Å². The zero-order valence-electron chi connectivity index (χ0n) is 14.9. The van der Waals surface area contributed by atoms with E-state index < -0.39 is 0 Å². The Kier molecular flexibility index (Phi) is 4.28. The maximum Gasteiger partial charge on any atom is 0.227 e. The Hall–Kier alpha value is -1.88. The molecule has 0 aromatic heterocycles. The van der Waals surface area contributed by atoms with Crippen molar-refractivity contribution in [2.24, 2.45) is 11.3 Å². The first kappa shape index (κ1) is 16.6. The van der Waals surface area contributed by atoms with Crippen molar-refractivity contribution in [3.63, 3.8) is 0 Å². The zero-order valence-corrected chi connectivity index (χ0v) is 14.9. The fourth-order valence-electron chi connectivity index (χ4n) is 4.48. The third-order valence-electron chi connectivity index (χ3n) is 6.22. The second-order valence-electron chi connectivity index (χ2n) is 7.84. The van der Waals surface area contributed by atoms with Gasteiger partial charge in [0.1, 0.15) is 0 Å². The summed E-state index contributed by atoms with van der Waals surface area (Å²) in [6.45, 7) is 4.89. The van der Waals surface area contributed by atoms with E-state index in [4.69, 9.17) is 0 Å². The molecule has 5 heteroatoms. The number of rotatable bonds is 4. The lowest BCUT2D eigenvalue weighted by atomic mass is 9.91. The molecule has 2 amide bonds. The highest BCUT2D eigenvalue weighted by Gasteiger charge is 2.57. The smallest absolute Gasteiger partial charge is 0.227 e. The molecule has 25 heavy (non-hydrogen) atoms. The Morgan fingerprint density at radius 1 is 1.36 bits per heavy atom. The van der Waals surface area contributed by atoms with Gasteiger partial charge in [0.25, 0.3) is 0 Å². The highest BCUT2D eigenvalue weighted by molar-refractivity contribution is 5.95. The predicted octanol–water partition coefficient (Wildman–Crippen LogP) is 2.38. The van der Waals surface area contributed by atoms with Crippen molar-refractivity contribution in [3.05, 3.63) is 29.8 Å². The molecule has 2 aliphatic heterocycles.